The van der Waals surface area contributed by atoms with Gasteiger partial charge in [0.05, 0.1) is 7.11 Å². The van der Waals surface area contributed by atoms with Gasteiger partial charge in [-0.05, 0) is 56.0 Å². The van der Waals surface area contributed by atoms with E-state index in [0.29, 0.717) is 22.2 Å². The molecule has 0 radical (unpaired) electrons. The van der Waals surface area contributed by atoms with Crippen LogP contribution in [-0.4, -0.2) is 46.6 Å². The molecule has 1 heterocycles. The van der Waals surface area contributed by atoms with Crippen molar-refractivity contribution in [1.82, 2.24) is 15.1 Å². The first-order valence-corrected chi connectivity index (χ1v) is 13.4. The number of methoxy groups -OCH3 is 1. The maximum atomic E-state index is 13.3. The number of nitrogens with one attached hydrogen (secondary N) is 1. The van der Waals surface area contributed by atoms with E-state index in [0.717, 1.165) is 30.6 Å². The lowest BCUT2D eigenvalue weighted by atomic mass is 10.0. The first kappa shape index (κ1) is 27.3. The second-order valence-electron chi connectivity index (χ2n) is 8.85. The number of hydrogen-bond acceptors (Lipinski definition) is 6. The summed E-state index contributed by atoms with van der Waals surface area (Å²) in [6.07, 6.45) is 5.58. The molecular formula is C28H36N4O3S. The molecule has 1 N–H and O–H groups in total. The number of aromatic nitrogens is 2. The average Bonchev–Trinajstić information content (AvgIpc) is 3.37. The molecule has 3 rings (SSSR count). The van der Waals surface area contributed by atoms with Crippen LogP contribution in [0.15, 0.2) is 48.5 Å². The van der Waals surface area contributed by atoms with Crippen molar-refractivity contribution < 1.29 is 14.3 Å². The lowest BCUT2D eigenvalue weighted by Gasteiger charge is -2.28. The normalized spacial score (nSPS) is 11.7. The molecular weight excluding hydrogens is 472 g/mol. The lowest BCUT2D eigenvalue weighted by Crippen LogP contribution is -2.40. The quantitative estimate of drug-likeness (QED) is 0.277. The van der Waals surface area contributed by atoms with E-state index in [1.807, 2.05) is 62.4 Å². The van der Waals surface area contributed by atoms with E-state index in [-0.39, 0.29) is 24.3 Å². The van der Waals surface area contributed by atoms with Crippen LogP contribution in [0, 0.1) is 0 Å². The summed E-state index contributed by atoms with van der Waals surface area (Å²) in [6.45, 7) is 6.59. The van der Waals surface area contributed by atoms with Gasteiger partial charge in [-0.3, -0.25) is 9.59 Å². The van der Waals surface area contributed by atoms with Gasteiger partial charge in [-0.1, -0.05) is 62.3 Å². The fourth-order valence-electron chi connectivity index (χ4n) is 3.85. The molecule has 2 amide bonds. The largest absolute Gasteiger partial charge is 0.497 e. The second-order valence-corrected chi connectivity index (χ2v) is 9.83. The summed E-state index contributed by atoms with van der Waals surface area (Å²) in [5.41, 5.74) is 2.78. The Bertz CT molecular complexity index is 1130. The van der Waals surface area contributed by atoms with Gasteiger partial charge >= 0.3 is 0 Å². The maximum Gasteiger partial charge on any atom is 0.254 e. The summed E-state index contributed by atoms with van der Waals surface area (Å²) in [5.74, 6) is 0.485. The van der Waals surface area contributed by atoms with E-state index in [1.54, 1.807) is 12.0 Å². The van der Waals surface area contributed by atoms with Gasteiger partial charge < -0.3 is 15.0 Å². The molecule has 0 aliphatic carbocycles. The Morgan fingerprint density at radius 2 is 1.86 bits per heavy atom. The standard InChI is InChI=1S/C28H36N4O3S/c1-5-7-8-10-21-13-15-22(16-14-21)27(34)32(20(3)6-2)18-17-25(33)29-28-31-30-26(36-28)23-11-9-12-24(19-23)35-4/h9,11-16,19-20H,5-8,10,17-18H2,1-4H3,(H,29,31,33). The van der Waals surface area contributed by atoms with Gasteiger partial charge in [0, 0.05) is 30.1 Å². The molecule has 8 heteroatoms. The highest BCUT2D eigenvalue weighted by molar-refractivity contribution is 7.18. The molecule has 36 heavy (non-hydrogen) atoms. The highest BCUT2D eigenvalue weighted by Crippen LogP contribution is 2.28. The number of ether oxygens (including phenoxy) is 1. The van der Waals surface area contributed by atoms with Crippen LogP contribution in [0.25, 0.3) is 10.6 Å². The van der Waals surface area contributed by atoms with Crippen LogP contribution in [0.2, 0.25) is 0 Å². The number of carbonyl (C=O) groups is 2. The number of hydrogen-bond donors (Lipinski definition) is 1. The van der Waals surface area contributed by atoms with Gasteiger partial charge in [-0.2, -0.15) is 0 Å². The first-order chi connectivity index (χ1) is 17.4. The third-order valence-electron chi connectivity index (χ3n) is 6.22. The zero-order valence-corrected chi connectivity index (χ0v) is 22.4. The molecule has 7 nitrogen and oxygen atoms in total. The summed E-state index contributed by atoms with van der Waals surface area (Å²) in [6, 6.07) is 15.5. The zero-order chi connectivity index (χ0) is 25.9. The van der Waals surface area contributed by atoms with E-state index < -0.39 is 0 Å². The summed E-state index contributed by atoms with van der Waals surface area (Å²) in [5, 5.41) is 12.2. The number of benzene rings is 2. The molecule has 0 saturated carbocycles. The summed E-state index contributed by atoms with van der Waals surface area (Å²) < 4.78 is 5.26. The minimum Gasteiger partial charge on any atom is -0.497 e. The Labute approximate surface area is 217 Å². The molecule has 0 spiro atoms. The number of anilines is 1. The van der Waals surface area contributed by atoms with Crippen molar-refractivity contribution >= 4 is 28.3 Å². The smallest absolute Gasteiger partial charge is 0.254 e. The number of nitrogens with zero attached hydrogens (tertiary/aromatic N) is 3. The number of amides is 2. The fourth-order valence-corrected chi connectivity index (χ4v) is 4.61. The summed E-state index contributed by atoms with van der Waals surface area (Å²) >= 11 is 1.30. The molecule has 0 aliphatic rings. The van der Waals surface area contributed by atoms with Crippen LogP contribution in [0.5, 0.6) is 5.75 Å². The molecule has 1 unspecified atom stereocenters. The maximum absolute atomic E-state index is 13.3. The van der Waals surface area contributed by atoms with Gasteiger partial charge in [0.15, 0.2) is 0 Å². The Hall–Kier alpha value is -3.26. The van der Waals surface area contributed by atoms with Crippen LogP contribution < -0.4 is 10.1 Å². The summed E-state index contributed by atoms with van der Waals surface area (Å²) in [7, 11) is 1.61. The van der Waals surface area contributed by atoms with Crippen LogP contribution in [0.4, 0.5) is 5.13 Å². The highest BCUT2D eigenvalue weighted by atomic mass is 32.1. The SMILES string of the molecule is CCCCCc1ccc(C(=O)N(CCC(=O)Nc2nnc(-c3cccc(OC)c3)s2)C(C)CC)cc1. The number of rotatable bonds is 13. The lowest BCUT2D eigenvalue weighted by molar-refractivity contribution is -0.116. The van der Waals surface area contributed by atoms with E-state index in [9.17, 15) is 9.59 Å². The highest BCUT2D eigenvalue weighted by Gasteiger charge is 2.22. The molecule has 0 bridgehead atoms. The minimum absolute atomic E-state index is 0.0238. The van der Waals surface area contributed by atoms with Gasteiger partial charge in [0.1, 0.15) is 10.8 Å². The van der Waals surface area contributed by atoms with E-state index in [2.05, 4.69) is 22.4 Å². The Morgan fingerprint density at radius 1 is 1.08 bits per heavy atom. The van der Waals surface area contributed by atoms with Crippen molar-refractivity contribution in [2.45, 2.75) is 65.3 Å². The van der Waals surface area contributed by atoms with Crippen molar-refractivity contribution in [1.29, 1.82) is 0 Å². The number of unbranched alkanes of at least 4 members (excludes halogenated alkanes) is 2. The van der Waals surface area contributed by atoms with E-state index >= 15 is 0 Å². The van der Waals surface area contributed by atoms with Crippen molar-refractivity contribution in [3.8, 4) is 16.3 Å². The van der Waals surface area contributed by atoms with Gasteiger partial charge in [0.2, 0.25) is 11.0 Å². The molecule has 1 atom stereocenters. The van der Waals surface area contributed by atoms with Gasteiger partial charge in [-0.15, -0.1) is 10.2 Å². The first-order valence-electron chi connectivity index (χ1n) is 12.6. The molecule has 3 aromatic rings. The minimum atomic E-state index is -0.198. The third kappa shape index (κ3) is 7.62. The molecule has 0 saturated heterocycles. The molecule has 0 aliphatic heterocycles. The second kappa shape index (κ2) is 13.7. The van der Waals surface area contributed by atoms with Gasteiger partial charge in [0.25, 0.3) is 5.91 Å². The van der Waals surface area contributed by atoms with Crippen LogP contribution in [-0.2, 0) is 11.2 Å². The molecule has 2 aromatic carbocycles. The molecule has 192 valence electrons. The van der Waals surface area contributed by atoms with E-state index in [1.165, 1.54) is 29.7 Å². The number of carbonyl (C=O) groups excluding carboxylic acids is 2. The molecule has 0 fully saturated rings. The predicted octanol–water partition coefficient (Wildman–Crippen LogP) is 6.22. The van der Waals surface area contributed by atoms with Crippen molar-refractivity contribution in [3.05, 3.63) is 59.7 Å². The van der Waals surface area contributed by atoms with Gasteiger partial charge in [-0.25, -0.2) is 0 Å². The topological polar surface area (TPSA) is 84.4 Å². The van der Waals surface area contributed by atoms with Crippen molar-refractivity contribution in [3.63, 3.8) is 0 Å². The van der Waals surface area contributed by atoms with Crippen LogP contribution in [0.3, 0.4) is 0 Å². The van der Waals surface area contributed by atoms with Crippen LogP contribution >= 0.6 is 11.3 Å². The van der Waals surface area contributed by atoms with E-state index in [4.69, 9.17) is 4.74 Å². The summed E-state index contributed by atoms with van der Waals surface area (Å²) in [4.78, 5) is 27.7. The molecule has 1 aromatic heterocycles. The third-order valence-corrected chi connectivity index (χ3v) is 7.11. The zero-order valence-electron chi connectivity index (χ0n) is 21.6. The Morgan fingerprint density at radius 3 is 2.56 bits per heavy atom. The fraction of sp³-hybridized carbons (Fsp3) is 0.429. The Kier molecular flexibility index (Phi) is 10.4. The van der Waals surface area contributed by atoms with Crippen LogP contribution in [0.1, 0.15) is 68.8 Å². The van der Waals surface area contributed by atoms with Crippen molar-refractivity contribution in [2.24, 2.45) is 0 Å². The predicted molar refractivity (Wildman–Crippen MR) is 146 cm³/mol. The Balaban J connectivity index is 1.59. The average molecular weight is 509 g/mol. The number of aryl methyl sites for hydroxylation is 1. The van der Waals surface area contributed by atoms with Crippen molar-refractivity contribution in [2.75, 3.05) is 19.0 Å². The monoisotopic (exact) mass is 508 g/mol.